The van der Waals surface area contributed by atoms with E-state index in [1.807, 2.05) is 54.7 Å². The van der Waals surface area contributed by atoms with Crippen molar-refractivity contribution in [3.8, 4) is 22.5 Å². The molecule has 164 valence electrons. The molecule has 10 heteroatoms. The van der Waals surface area contributed by atoms with E-state index in [9.17, 15) is 8.42 Å². The van der Waals surface area contributed by atoms with Gasteiger partial charge in [0.05, 0.1) is 0 Å². The second-order valence-corrected chi connectivity index (χ2v) is 8.90. The van der Waals surface area contributed by atoms with Gasteiger partial charge in [-0.25, -0.2) is 23.1 Å². The average molecular weight is 458 g/mol. The summed E-state index contributed by atoms with van der Waals surface area (Å²) in [6, 6.07) is 17.2. The molecule has 0 atom stereocenters. The summed E-state index contributed by atoms with van der Waals surface area (Å²) in [5.74, 6) is 0.912. The maximum Gasteiger partial charge on any atom is 0.239 e. The Bertz CT molecular complexity index is 1540. The highest BCUT2D eigenvalue weighted by Crippen LogP contribution is 2.31. The summed E-state index contributed by atoms with van der Waals surface area (Å²) in [7, 11) is -3.91. The van der Waals surface area contributed by atoms with Crippen LogP contribution in [0.15, 0.2) is 90.5 Å². The fraction of sp³-hybridized carbons (Fsp3) is 0.0435. The Morgan fingerprint density at radius 2 is 1.73 bits per heavy atom. The van der Waals surface area contributed by atoms with Crippen molar-refractivity contribution in [2.24, 2.45) is 5.14 Å². The van der Waals surface area contributed by atoms with Gasteiger partial charge in [-0.2, -0.15) is 0 Å². The van der Waals surface area contributed by atoms with E-state index in [1.165, 1.54) is 18.5 Å². The second-order valence-electron chi connectivity index (χ2n) is 7.34. The molecule has 0 spiro atoms. The van der Waals surface area contributed by atoms with Crippen LogP contribution in [0.4, 0.5) is 5.82 Å². The van der Waals surface area contributed by atoms with E-state index in [2.05, 4.69) is 20.4 Å². The van der Waals surface area contributed by atoms with Crippen LogP contribution in [-0.2, 0) is 16.6 Å². The smallest absolute Gasteiger partial charge is 0.239 e. The lowest BCUT2D eigenvalue weighted by atomic mass is 10.1. The number of sulfonamides is 1. The molecule has 0 unspecified atom stereocenters. The van der Waals surface area contributed by atoms with Crippen LogP contribution in [0.25, 0.3) is 28.0 Å². The zero-order valence-corrected chi connectivity index (χ0v) is 18.1. The van der Waals surface area contributed by atoms with E-state index in [1.54, 1.807) is 16.9 Å². The Hall–Kier alpha value is -4.15. The third kappa shape index (κ3) is 4.29. The summed E-state index contributed by atoms with van der Waals surface area (Å²) in [6.45, 7) is 0.517. The Morgan fingerprint density at radius 3 is 2.48 bits per heavy atom. The number of benzene rings is 1. The van der Waals surface area contributed by atoms with E-state index >= 15 is 0 Å². The molecule has 0 aliphatic carbocycles. The number of nitrogens with one attached hydrogen (secondary N) is 1. The Balaban J connectivity index is 1.65. The molecule has 0 radical (unpaired) electrons. The van der Waals surface area contributed by atoms with Crippen molar-refractivity contribution in [2.75, 3.05) is 5.32 Å². The van der Waals surface area contributed by atoms with E-state index in [0.717, 1.165) is 22.2 Å². The van der Waals surface area contributed by atoms with Crippen molar-refractivity contribution < 1.29 is 8.42 Å². The standard InChI is InChI=1S/C23H19N7O2S/c24-33(31,32)19-12-18(14-26-15-19)22-28-23(27-13-16-6-9-25-10-7-16)21-20(8-11-30(21)29-22)17-4-2-1-3-5-17/h1-12,14-15H,13H2,(H2,24,31,32)(H,27,28,29). The molecule has 4 heterocycles. The summed E-state index contributed by atoms with van der Waals surface area (Å²) < 4.78 is 25.3. The molecule has 0 saturated heterocycles. The van der Waals surface area contributed by atoms with Gasteiger partial charge < -0.3 is 5.32 Å². The number of rotatable bonds is 6. The van der Waals surface area contributed by atoms with Crippen LogP contribution in [0.1, 0.15) is 5.56 Å². The minimum Gasteiger partial charge on any atom is -0.364 e. The highest BCUT2D eigenvalue weighted by atomic mass is 32.2. The van der Waals surface area contributed by atoms with Gasteiger partial charge in [0.15, 0.2) is 11.6 Å². The number of primary sulfonamides is 1. The molecular weight excluding hydrogens is 438 g/mol. The fourth-order valence-corrected chi connectivity index (χ4v) is 4.00. The number of nitrogens with zero attached hydrogens (tertiary/aromatic N) is 5. The van der Waals surface area contributed by atoms with Crippen LogP contribution in [0.3, 0.4) is 0 Å². The van der Waals surface area contributed by atoms with Crippen molar-refractivity contribution in [1.29, 1.82) is 0 Å². The molecule has 0 amide bonds. The van der Waals surface area contributed by atoms with E-state index in [0.29, 0.717) is 23.8 Å². The molecule has 0 saturated carbocycles. The van der Waals surface area contributed by atoms with Gasteiger partial charge in [0.2, 0.25) is 10.0 Å². The van der Waals surface area contributed by atoms with Crippen LogP contribution < -0.4 is 10.5 Å². The molecule has 5 rings (SSSR count). The molecule has 9 nitrogen and oxygen atoms in total. The van der Waals surface area contributed by atoms with Gasteiger partial charge in [-0.15, -0.1) is 5.10 Å². The summed E-state index contributed by atoms with van der Waals surface area (Å²) >= 11 is 0. The largest absolute Gasteiger partial charge is 0.364 e. The van der Waals surface area contributed by atoms with Crippen molar-refractivity contribution in [3.05, 3.63) is 91.1 Å². The summed E-state index contributed by atoms with van der Waals surface area (Å²) in [4.78, 5) is 12.7. The molecule has 0 bridgehead atoms. The van der Waals surface area contributed by atoms with Crippen molar-refractivity contribution in [3.63, 3.8) is 0 Å². The van der Waals surface area contributed by atoms with Crippen molar-refractivity contribution >= 4 is 21.4 Å². The molecule has 33 heavy (non-hydrogen) atoms. The third-order valence-corrected chi connectivity index (χ3v) is 5.99. The third-order valence-electron chi connectivity index (χ3n) is 5.11. The molecule has 0 aliphatic heterocycles. The predicted molar refractivity (Wildman–Crippen MR) is 125 cm³/mol. The monoisotopic (exact) mass is 457 g/mol. The topological polar surface area (TPSA) is 128 Å². The summed E-state index contributed by atoms with van der Waals surface area (Å²) in [5, 5.41) is 13.3. The summed E-state index contributed by atoms with van der Waals surface area (Å²) in [6.07, 6.45) is 8.01. The number of hydrogen-bond donors (Lipinski definition) is 2. The zero-order chi connectivity index (χ0) is 22.8. The van der Waals surface area contributed by atoms with Crippen LogP contribution in [0, 0.1) is 0 Å². The quantitative estimate of drug-likeness (QED) is 0.401. The van der Waals surface area contributed by atoms with E-state index in [4.69, 9.17) is 10.1 Å². The summed E-state index contributed by atoms with van der Waals surface area (Å²) in [5.41, 5.74) is 4.27. The first-order chi connectivity index (χ1) is 16.0. The average Bonchev–Trinajstić information content (AvgIpc) is 3.28. The molecular formula is C23H19N7O2S. The Morgan fingerprint density at radius 1 is 0.939 bits per heavy atom. The highest BCUT2D eigenvalue weighted by molar-refractivity contribution is 7.89. The SMILES string of the molecule is NS(=O)(=O)c1cncc(-c2nc(NCc3ccncc3)c3c(-c4ccccc4)ccn3n2)c1. The molecule has 0 aliphatic rings. The van der Waals surface area contributed by atoms with Gasteiger partial charge in [0, 0.05) is 48.7 Å². The zero-order valence-electron chi connectivity index (χ0n) is 17.3. The minimum absolute atomic E-state index is 0.104. The lowest BCUT2D eigenvalue weighted by molar-refractivity contribution is 0.597. The lowest BCUT2D eigenvalue weighted by Gasteiger charge is -2.12. The van der Waals surface area contributed by atoms with Gasteiger partial charge >= 0.3 is 0 Å². The van der Waals surface area contributed by atoms with Gasteiger partial charge in [-0.05, 0) is 35.4 Å². The van der Waals surface area contributed by atoms with E-state index < -0.39 is 10.0 Å². The molecule has 4 aromatic heterocycles. The first-order valence-corrected chi connectivity index (χ1v) is 11.6. The van der Waals surface area contributed by atoms with E-state index in [-0.39, 0.29) is 4.90 Å². The number of aromatic nitrogens is 5. The number of fused-ring (bicyclic) bond motifs is 1. The normalized spacial score (nSPS) is 11.5. The van der Waals surface area contributed by atoms with Gasteiger partial charge in [0.25, 0.3) is 0 Å². The van der Waals surface area contributed by atoms with Crippen molar-refractivity contribution in [1.82, 2.24) is 24.6 Å². The molecule has 5 aromatic rings. The lowest BCUT2D eigenvalue weighted by Crippen LogP contribution is -2.13. The van der Waals surface area contributed by atoms with Gasteiger partial charge in [0.1, 0.15) is 10.4 Å². The maximum absolute atomic E-state index is 11.8. The first kappa shape index (κ1) is 20.7. The van der Waals surface area contributed by atoms with Crippen LogP contribution in [-0.4, -0.2) is 33.0 Å². The van der Waals surface area contributed by atoms with Gasteiger partial charge in [-0.1, -0.05) is 30.3 Å². The van der Waals surface area contributed by atoms with Crippen LogP contribution in [0.2, 0.25) is 0 Å². The minimum atomic E-state index is -3.91. The molecule has 1 aromatic carbocycles. The number of hydrogen-bond acceptors (Lipinski definition) is 7. The maximum atomic E-state index is 11.8. The van der Waals surface area contributed by atoms with Crippen LogP contribution in [0.5, 0.6) is 0 Å². The number of pyridine rings is 2. The second kappa shape index (κ2) is 8.41. The van der Waals surface area contributed by atoms with Crippen molar-refractivity contribution in [2.45, 2.75) is 11.4 Å². The highest BCUT2D eigenvalue weighted by Gasteiger charge is 2.17. The first-order valence-electron chi connectivity index (χ1n) is 10.0. The fourth-order valence-electron chi connectivity index (χ4n) is 3.50. The number of nitrogens with two attached hydrogens (primary N) is 1. The molecule has 3 N–H and O–H groups in total. The number of anilines is 1. The van der Waals surface area contributed by atoms with Gasteiger partial charge in [-0.3, -0.25) is 9.97 Å². The Kier molecular flexibility index (Phi) is 5.29. The predicted octanol–water partition coefficient (Wildman–Crippen LogP) is 3.11. The Labute approximate surface area is 190 Å². The molecule has 0 fully saturated rings. The van der Waals surface area contributed by atoms with Crippen LogP contribution >= 0.6 is 0 Å².